The third kappa shape index (κ3) is 3.35. The molecular formula is C34H25N3. The molecule has 2 aliphatic carbocycles. The van der Waals surface area contributed by atoms with Crippen LogP contribution in [0.1, 0.15) is 33.9 Å². The highest BCUT2D eigenvalue weighted by atomic mass is 14.7. The molecule has 3 heteroatoms. The van der Waals surface area contributed by atoms with Crippen molar-refractivity contribution in [3.63, 3.8) is 0 Å². The number of rotatable bonds is 3. The van der Waals surface area contributed by atoms with Crippen LogP contribution in [0.3, 0.4) is 0 Å². The molecule has 0 amide bonds. The average molecular weight is 476 g/mol. The first-order chi connectivity index (χ1) is 18.2. The summed E-state index contributed by atoms with van der Waals surface area (Å²) in [5, 5.41) is 11.4. The number of nitrogens with zero attached hydrogens (tertiary/aromatic N) is 1. The van der Waals surface area contributed by atoms with E-state index in [2.05, 4.69) is 109 Å². The van der Waals surface area contributed by atoms with E-state index >= 15 is 0 Å². The van der Waals surface area contributed by atoms with Gasteiger partial charge in [-0.1, -0.05) is 115 Å². The summed E-state index contributed by atoms with van der Waals surface area (Å²) in [7, 11) is 0. The van der Waals surface area contributed by atoms with Gasteiger partial charge in [0.15, 0.2) is 0 Å². The quantitative estimate of drug-likeness (QED) is 0.163. The van der Waals surface area contributed by atoms with Gasteiger partial charge in [0.25, 0.3) is 0 Å². The molecule has 2 atom stereocenters. The number of nitrogens with two attached hydrogens (primary N) is 1. The second-order valence-corrected chi connectivity index (χ2v) is 9.72. The summed E-state index contributed by atoms with van der Waals surface area (Å²) in [5.41, 5.74) is 14.8. The molecule has 1 aromatic heterocycles. The number of benzene rings is 4. The molecule has 2 unspecified atom stereocenters. The van der Waals surface area contributed by atoms with Crippen molar-refractivity contribution in [2.75, 3.05) is 0 Å². The fourth-order valence-electron chi connectivity index (χ4n) is 6.06. The van der Waals surface area contributed by atoms with E-state index in [0.29, 0.717) is 0 Å². The maximum atomic E-state index is 7.80. The van der Waals surface area contributed by atoms with Crippen LogP contribution in [0.15, 0.2) is 127 Å². The zero-order valence-corrected chi connectivity index (χ0v) is 20.2. The van der Waals surface area contributed by atoms with Crippen molar-refractivity contribution in [1.29, 1.82) is 5.41 Å². The molecule has 0 aliphatic heterocycles. The molecule has 2 aliphatic rings. The van der Waals surface area contributed by atoms with Crippen LogP contribution in [-0.2, 0) is 0 Å². The summed E-state index contributed by atoms with van der Waals surface area (Å²) in [6, 6.07) is 33.9. The maximum Gasteiger partial charge on any atom is 0.122 e. The fraction of sp³-hybridized carbons (Fsp3) is 0.0588. The van der Waals surface area contributed by atoms with Gasteiger partial charge in [-0.05, 0) is 33.7 Å². The number of allylic oxidation sites excluding steroid dienone is 5. The topological polar surface area (TPSA) is 62.8 Å². The molecule has 0 spiro atoms. The first-order valence-corrected chi connectivity index (χ1v) is 12.6. The zero-order chi connectivity index (χ0) is 24.9. The number of hydrogen-bond acceptors (Lipinski definition) is 2. The number of nitrogen functional groups attached to an aromatic ring is 1. The van der Waals surface area contributed by atoms with Gasteiger partial charge in [0.2, 0.25) is 0 Å². The number of pyridine rings is 1. The predicted octanol–water partition coefficient (Wildman–Crippen LogP) is 7.36. The first-order valence-electron chi connectivity index (χ1n) is 12.6. The van der Waals surface area contributed by atoms with E-state index in [9.17, 15) is 0 Å². The molecule has 0 bridgehead atoms. The van der Waals surface area contributed by atoms with Crippen LogP contribution in [0.4, 0.5) is 0 Å². The zero-order valence-electron chi connectivity index (χ0n) is 20.2. The van der Waals surface area contributed by atoms with Crippen LogP contribution in [0.25, 0.3) is 27.2 Å². The van der Waals surface area contributed by atoms with Gasteiger partial charge in [-0.15, -0.1) is 0 Å². The molecule has 176 valence electrons. The number of hydrogen-bond donors (Lipinski definition) is 2. The first kappa shape index (κ1) is 21.5. The molecule has 37 heavy (non-hydrogen) atoms. The van der Waals surface area contributed by atoms with Crippen molar-refractivity contribution >= 4 is 33.1 Å². The Morgan fingerprint density at radius 1 is 0.730 bits per heavy atom. The van der Waals surface area contributed by atoms with E-state index in [1.165, 1.54) is 44.0 Å². The Morgan fingerprint density at radius 3 is 2.24 bits per heavy atom. The molecule has 0 saturated heterocycles. The highest BCUT2D eigenvalue weighted by Gasteiger charge is 2.36. The van der Waals surface area contributed by atoms with Crippen molar-refractivity contribution < 1.29 is 0 Å². The molecule has 0 saturated carbocycles. The van der Waals surface area contributed by atoms with E-state index in [0.717, 1.165) is 16.8 Å². The molecule has 0 radical (unpaired) electrons. The summed E-state index contributed by atoms with van der Waals surface area (Å²) in [4.78, 5) is 5.29. The minimum atomic E-state index is 0.0909. The average Bonchev–Trinajstić information content (AvgIpc) is 2.95. The van der Waals surface area contributed by atoms with Crippen LogP contribution in [0, 0.1) is 11.3 Å². The van der Waals surface area contributed by atoms with Crippen LogP contribution in [0.2, 0.25) is 0 Å². The van der Waals surface area contributed by atoms with Crippen molar-refractivity contribution in [3.05, 3.63) is 155 Å². The molecule has 0 fully saturated rings. The van der Waals surface area contributed by atoms with E-state index in [1.807, 2.05) is 12.1 Å². The normalized spacial score (nSPS) is 18.2. The molecule has 7 rings (SSSR count). The van der Waals surface area contributed by atoms with Crippen molar-refractivity contribution in [2.45, 2.75) is 5.92 Å². The molecule has 3 nitrogen and oxygen atoms in total. The molecule has 3 N–H and O–H groups in total. The summed E-state index contributed by atoms with van der Waals surface area (Å²) in [6.07, 6.45) is 8.87. The third-order valence-electron chi connectivity index (χ3n) is 7.70. The summed E-state index contributed by atoms with van der Waals surface area (Å²) in [5.74, 6) is 0.419. The van der Waals surface area contributed by atoms with E-state index in [4.69, 9.17) is 16.1 Å². The Hall–Kier alpha value is -4.76. The highest BCUT2D eigenvalue weighted by Crippen LogP contribution is 2.50. The van der Waals surface area contributed by atoms with Gasteiger partial charge in [-0.25, -0.2) is 4.98 Å². The van der Waals surface area contributed by atoms with Gasteiger partial charge in [0, 0.05) is 33.7 Å². The fourth-order valence-corrected chi connectivity index (χ4v) is 6.06. The molecule has 5 aromatic rings. The van der Waals surface area contributed by atoms with Crippen molar-refractivity contribution in [2.24, 2.45) is 11.7 Å². The lowest BCUT2D eigenvalue weighted by atomic mass is 9.67. The Labute approximate surface area is 215 Å². The van der Waals surface area contributed by atoms with Gasteiger partial charge >= 0.3 is 0 Å². The monoisotopic (exact) mass is 475 g/mol. The number of fused-ring (bicyclic) bond motifs is 5. The standard InChI is InChI=1S/C34H25N3/c35-34(36)22-19-17-21(18-20-22)31-25-11-2-4-13-27(25)32(28-14-5-3-12-26(28)31)33-29-15-6-1-9-23(29)24-10-7-8-16-30(24)37-33/h1-20,25,31H,(H3,35,36). The van der Waals surface area contributed by atoms with Crippen LogP contribution < -0.4 is 5.73 Å². The Kier molecular flexibility index (Phi) is 4.90. The van der Waals surface area contributed by atoms with Crippen LogP contribution >= 0.6 is 0 Å². The van der Waals surface area contributed by atoms with E-state index in [-0.39, 0.29) is 17.7 Å². The maximum absolute atomic E-state index is 7.80. The Balaban J connectivity index is 1.53. The summed E-state index contributed by atoms with van der Waals surface area (Å²) >= 11 is 0. The smallest absolute Gasteiger partial charge is 0.122 e. The summed E-state index contributed by atoms with van der Waals surface area (Å²) in [6.45, 7) is 0. The molecule has 1 heterocycles. The summed E-state index contributed by atoms with van der Waals surface area (Å²) < 4.78 is 0. The largest absolute Gasteiger partial charge is 0.384 e. The Morgan fingerprint density at radius 2 is 1.43 bits per heavy atom. The highest BCUT2D eigenvalue weighted by molar-refractivity contribution is 6.11. The van der Waals surface area contributed by atoms with Gasteiger partial charge < -0.3 is 5.73 Å². The predicted molar refractivity (Wildman–Crippen MR) is 153 cm³/mol. The minimum Gasteiger partial charge on any atom is -0.384 e. The third-order valence-corrected chi connectivity index (χ3v) is 7.70. The second-order valence-electron chi connectivity index (χ2n) is 9.72. The van der Waals surface area contributed by atoms with E-state index < -0.39 is 0 Å². The van der Waals surface area contributed by atoms with Crippen molar-refractivity contribution in [1.82, 2.24) is 4.98 Å². The minimum absolute atomic E-state index is 0.0909. The van der Waals surface area contributed by atoms with Crippen LogP contribution in [-0.4, -0.2) is 10.8 Å². The number of amidine groups is 1. The lowest BCUT2D eigenvalue weighted by Crippen LogP contribution is -2.23. The van der Waals surface area contributed by atoms with Gasteiger partial charge in [0.05, 0.1) is 11.2 Å². The second kappa shape index (κ2) is 8.42. The van der Waals surface area contributed by atoms with E-state index in [1.54, 1.807) is 0 Å². The lowest BCUT2D eigenvalue weighted by molar-refractivity contribution is 0.648. The lowest BCUT2D eigenvalue weighted by Gasteiger charge is -2.36. The number of nitrogens with one attached hydrogen (secondary N) is 1. The molecule has 4 aromatic carbocycles. The number of para-hydroxylation sites is 1. The van der Waals surface area contributed by atoms with Crippen molar-refractivity contribution in [3.8, 4) is 0 Å². The SMILES string of the molecule is N=C(N)c1ccc(C2c3ccccc3C(c3nc4ccccc4c4ccccc34)=C3C=CC=CC32)cc1. The van der Waals surface area contributed by atoms with Gasteiger partial charge in [-0.2, -0.15) is 0 Å². The van der Waals surface area contributed by atoms with Gasteiger partial charge in [-0.3, -0.25) is 5.41 Å². The molecular weight excluding hydrogens is 450 g/mol. The van der Waals surface area contributed by atoms with Gasteiger partial charge in [0.1, 0.15) is 5.84 Å². The number of aromatic nitrogens is 1. The van der Waals surface area contributed by atoms with Crippen LogP contribution in [0.5, 0.6) is 0 Å². The Bertz CT molecular complexity index is 1810.